The van der Waals surface area contributed by atoms with Gasteiger partial charge in [0, 0.05) is 23.6 Å². The van der Waals surface area contributed by atoms with Gasteiger partial charge in [0.1, 0.15) is 22.8 Å². The number of aliphatic hydroxyl groups excluding tert-OH is 2. The summed E-state index contributed by atoms with van der Waals surface area (Å²) in [6, 6.07) is 11.0. The molecule has 4 rings (SSSR count). The van der Waals surface area contributed by atoms with E-state index in [0.29, 0.717) is 5.56 Å². The lowest BCUT2D eigenvalue weighted by Gasteiger charge is -2.39. The van der Waals surface area contributed by atoms with Crippen LogP contribution in [0, 0.1) is 5.92 Å². The summed E-state index contributed by atoms with van der Waals surface area (Å²) in [5.41, 5.74) is -0.154. The molecule has 5 atom stereocenters. The quantitative estimate of drug-likeness (QED) is 0.371. The number of carbonyl (C=O) groups is 1. The number of aliphatic hydroxyl groups is 2. The van der Waals surface area contributed by atoms with E-state index in [-0.39, 0.29) is 16.7 Å². The Morgan fingerprint density at radius 3 is 2.38 bits per heavy atom. The van der Waals surface area contributed by atoms with Gasteiger partial charge < -0.3 is 39.4 Å². The number of benzene rings is 2. The molecule has 3 aromatic rings. The number of fused-ring (bicyclic) bond motifs is 1. The Morgan fingerprint density at radius 2 is 1.72 bits per heavy atom. The number of aromatic hydroxyl groups is 2. The molecule has 10 heteroatoms. The fraction of sp³-hybridized carbons (Fsp3) is 0.273. The van der Waals surface area contributed by atoms with Crippen molar-refractivity contribution in [2.24, 2.45) is 5.92 Å². The molecule has 0 spiro atoms. The summed E-state index contributed by atoms with van der Waals surface area (Å²) in [5.74, 6) is -4.22. The molecule has 1 aliphatic rings. The molecule has 0 aliphatic carbocycles. The van der Waals surface area contributed by atoms with Gasteiger partial charge in [-0.15, -0.1) is 0 Å². The summed E-state index contributed by atoms with van der Waals surface area (Å²) in [7, 11) is 0. The molecule has 0 radical (unpaired) electrons. The van der Waals surface area contributed by atoms with E-state index < -0.39 is 59.2 Å². The van der Waals surface area contributed by atoms with Gasteiger partial charge in [-0.05, 0) is 0 Å². The Bertz CT molecular complexity index is 1220. The van der Waals surface area contributed by atoms with Crippen LogP contribution in [-0.4, -0.2) is 56.1 Å². The van der Waals surface area contributed by atoms with E-state index in [1.807, 2.05) is 0 Å². The maximum atomic E-state index is 12.6. The molecular weight excluding hydrogens is 424 g/mol. The molecule has 0 bridgehead atoms. The minimum atomic E-state index is -1.69. The van der Waals surface area contributed by atoms with Crippen LogP contribution < -0.4 is 10.2 Å². The molecule has 1 fully saturated rings. The molecule has 168 valence electrons. The third-order valence-corrected chi connectivity index (χ3v) is 5.40. The molecule has 0 amide bonds. The lowest BCUT2D eigenvalue weighted by Crippen LogP contribution is -2.57. The zero-order chi connectivity index (χ0) is 23.2. The molecule has 1 aliphatic heterocycles. The van der Waals surface area contributed by atoms with Crippen molar-refractivity contribution in [3.8, 4) is 28.6 Å². The van der Waals surface area contributed by atoms with Gasteiger partial charge in [-0.2, -0.15) is 0 Å². The lowest BCUT2D eigenvalue weighted by atomic mass is 9.91. The average molecular weight is 444 g/mol. The van der Waals surface area contributed by atoms with Gasteiger partial charge >= 0.3 is 5.97 Å². The Kier molecular flexibility index (Phi) is 5.51. The number of rotatable bonds is 4. The van der Waals surface area contributed by atoms with Gasteiger partial charge in [0.15, 0.2) is 23.0 Å². The topological polar surface area (TPSA) is 167 Å². The summed E-state index contributed by atoms with van der Waals surface area (Å²) in [6.45, 7) is 1.39. The highest BCUT2D eigenvalue weighted by Crippen LogP contribution is 2.42. The molecule has 2 aromatic carbocycles. The smallest absolute Gasteiger partial charge is 0.333 e. The number of hydrogen-bond donors (Lipinski definition) is 5. The van der Waals surface area contributed by atoms with E-state index in [9.17, 15) is 35.1 Å². The van der Waals surface area contributed by atoms with E-state index in [4.69, 9.17) is 13.9 Å². The van der Waals surface area contributed by atoms with Gasteiger partial charge in [-0.3, -0.25) is 4.79 Å². The first-order valence-electron chi connectivity index (χ1n) is 9.68. The van der Waals surface area contributed by atoms with Crippen molar-refractivity contribution in [1.29, 1.82) is 0 Å². The summed E-state index contributed by atoms with van der Waals surface area (Å²) in [6.07, 6.45) is -6.32. The van der Waals surface area contributed by atoms with Crippen LogP contribution in [0.2, 0.25) is 0 Å². The van der Waals surface area contributed by atoms with Gasteiger partial charge in [0.25, 0.3) is 0 Å². The first-order chi connectivity index (χ1) is 15.2. The predicted molar refractivity (Wildman–Crippen MR) is 109 cm³/mol. The van der Waals surface area contributed by atoms with E-state index in [1.165, 1.54) is 13.0 Å². The molecule has 5 unspecified atom stereocenters. The Labute approximate surface area is 180 Å². The molecule has 1 saturated heterocycles. The number of hydrogen-bond acceptors (Lipinski definition) is 9. The standard InChI is InChI=1S/C22H20O10/c1-9-16(24)19(27)22(32-20(9)21(28)29)31-14-8-13-15(18(26)17(14)25)11(23)7-12(30-13)10-5-3-2-4-6-10/h2-9,16,19-20,22,24-27H,1H3,(H,28,29). The number of aliphatic carboxylic acids is 1. The number of carboxylic acids is 1. The number of phenolic OH excluding ortho intramolecular Hbond substituents is 2. The summed E-state index contributed by atoms with van der Waals surface area (Å²) in [4.78, 5) is 24.0. The van der Waals surface area contributed by atoms with Crippen molar-refractivity contribution >= 4 is 16.9 Å². The van der Waals surface area contributed by atoms with E-state index >= 15 is 0 Å². The lowest BCUT2D eigenvalue weighted by molar-refractivity contribution is -0.256. The van der Waals surface area contributed by atoms with Crippen molar-refractivity contribution in [2.45, 2.75) is 31.5 Å². The second kappa shape index (κ2) is 8.15. The Morgan fingerprint density at radius 1 is 1.03 bits per heavy atom. The van der Waals surface area contributed by atoms with Gasteiger partial charge in [0.05, 0.1) is 6.10 Å². The normalized spacial score (nSPS) is 25.5. The maximum Gasteiger partial charge on any atom is 0.333 e. The molecule has 32 heavy (non-hydrogen) atoms. The summed E-state index contributed by atoms with van der Waals surface area (Å²) >= 11 is 0. The maximum absolute atomic E-state index is 12.6. The van der Waals surface area contributed by atoms with E-state index in [0.717, 1.165) is 6.07 Å². The van der Waals surface area contributed by atoms with Gasteiger partial charge in [-0.1, -0.05) is 37.3 Å². The Hall–Kier alpha value is -3.60. The van der Waals surface area contributed by atoms with Crippen LogP contribution in [-0.2, 0) is 9.53 Å². The molecule has 5 N–H and O–H groups in total. The van der Waals surface area contributed by atoms with Crippen LogP contribution in [0.1, 0.15) is 6.92 Å². The van der Waals surface area contributed by atoms with Crippen LogP contribution in [0.25, 0.3) is 22.3 Å². The molecule has 10 nitrogen and oxygen atoms in total. The molecule has 1 aromatic heterocycles. The summed E-state index contributed by atoms with van der Waals surface area (Å²) < 4.78 is 16.4. The first-order valence-corrected chi connectivity index (χ1v) is 9.68. The van der Waals surface area contributed by atoms with Crippen LogP contribution in [0.15, 0.2) is 51.7 Å². The van der Waals surface area contributed by atoms with E-state index in [2.05, 4.69) is 0 Å². The van der Waals surface area contributed by atoms with Gasteiger partial charge in [0.2, 0.25) is 12.0 Å². The van der Waals surface area contributed by atoms with Crippen LogP contribution in [0.4, 0.5) is 0 Å². The first kappa shape index (κ1) is 21.6. The van der Waals surface area contributed by atoms with Crippen LogP contribution in [0.5, 0.6) is 17.2 Å². The van der Waals surface area contributed by atoms with Crippen LogP contribution in [0.3, 0.4) is 0 Å². The van der Waals surface area contributed by atoms with Crippen molar-refractivity contribution in [3.63, 3.8) is 0 Å². The Balaban J connectivity index is 1.77. The highest BCUT2D eigenvalue weighted by molar-refractivity contribution is 5.89. The zero-order valence-corrected chi connectivity index (χ0v) is 16.7. The fourth-order valence-corrected chi connectivity index (χ4v) is 3.61. The van der Waals surface area contributed by atoms with Gasteiger partial charge in [-0.25, -0.2) is 4.79 Å². The minimum absolute atomic E-state index is 0.129. The molecular formula is C22H20O10. The average Bonchev–Trinajstić information content (AvgIpc) is 2.77. The SMILES string of the molecule is CC1C(C(=O)O)OC(Oc2cc3oc(-c4ccccc4)cc(=O)c3c(O)c2O)C(O)C1O. The third-order valence-electron chi connectivity index (χ3n) is 5.40. The second-order valence-corrected chi connectivity index (χ2v) is 7.51. The monoisotopic (exact) mass is 444 g/mol. The highest BCUT2D eigenvalue weighted by atomic mass is 16.7. The largest absolute Gasteiger partial charge is 0.504 e. The van der Waals surface area contributed by atoms with E-state index in [1.54, 1.807) is 30.3 Å². The summed E-state index contributed by atoms with van der Waals surface area (Å²) in [5, 5.41) is 50.1. The molecule has 2 heterocycles. The third kappa shape index (κ3) is 3.64. The minimum Gasteiger partial charge on any atom is -0.504 e. The van der Waals surface area contributed by atoms with Crippen molar-refractivity contribution in [1.82, 2.24) is 0 Å². The van der Waals surface area contributed by atoms with Crippen molar-refractivity contribution in [2.75, 3.05) is 0 Å². The number of ether oxygens (including phenoxy) is 2. The zero-order valence-electron chi connectivity index (χ0n) is 16.7. The van der Waals surface area contributed by atoms with Crippen molar-refractivity contribution < 1.29 is 44.2 Å². The predicted octanol–water partition coefficient (Wildman–Crippen LogP) is 1.42. The number of phenols is 2. The molecule has 0 saturated carbocycles. The van der Waals surface area contributed by atoms with Crippen molar-refractivity contribution in [3.05, 3.63) is 52.7 Å². The fourth-order valence-electron chi connectivity index (χ4n) is 3.61. The second-order valence-electron chi connectivity index (χ2n) is 7.51. The highest BCUT2D eigenvalue weighted by Gasteiger charge is 2.46. The number of carboxylic acid groups (broad SMARTS) is 1. The van der Waals surface area contributed by atoms with Crippen LogP contribution >= 0.6 is 0 Å².